The fourth-order valence-electron chi connectivity index (χ4n) is 1.69. The number of carbonyl (C=O) groups is 1. The maximum Gasteiger partial charge on any atom is 0.319 e. The fourth-order valence-corrected chi connectivity index (χ4v) is 2.21. The Morgan fingerprint density at radius 2 is 1.84 bits per heavy atom. The molecule has 0 radical (unpaired) electrons. The fraction of sp³-hybridized carbons (Fsp3) is 0.462. The van der Waals surface area contributed by atoms with Crippen LogP contribution in [0.5, 0.6) is 0 Å². The smallest absolute Gasteiger partial charge is 0.319 e. The molecule has 1 aromatic carbocycles. The molecule has 19 heavy (non-hydrogen) atoms. The molecule has 0 atom stereocenters. The van der Waals surface area contributed by atoms with Crippen molar-refractivity contribution in [2.75, 3.05) is 18.4 Å². The zero-order chi connectivity index (χ0) is 13.7. The van der Waals surface area contributed by atoms with Crippen molar-refractivity contribution in [2.45, 2.75) is 25.3 Å². The Kier molecular flexibility index (Phi) is 5.31. The molecule has 0 bridgehead atoms. The molecular formula is C13H17Cl2N3O. The van der Waals surface area contributed by atoms with Crippen molar-refractivity contribution in [2.24, 2.45) is 0 Å². The Morgan fingerprint density at radius 3 is 2.47 bits per heavy atom. The van der Waals surface area contributed by atoms with Gasteiger partial charge in [0.1, 0.15) is 0 Å². The topological polar surface area (TPSA) is 53.2 Å². The van der Waals surface area contributed by atoms with Gasteiger partial charge in [-0.15, -0.1) is 0 Å². The van der Waals surface area contributed by atoms with Gasteiger partial charge in [0, 0.05) is 28.3 Å². The van der Waals surface area contributed by atoms with Crippen molar-refractivity contribution >= 4 is 34.9 Å². The minimum Gasteiger partial charge on any atom is -0.338 e. The highest BCUT2D eigenvalue weighted by molar-refractivity contribution is 6.35. The number of rotatable bonds is 6. The van der Waals surface area contributed by atoms with Gasteiger partial charge in [-0.3, -0.25) is 0 Å². The molecule has 1 aliphatic carbocycles. The first-order valence-corrected chi connectivity index (χ1v) is 7.13. The van der Waals surface area contributed by atoms with E-state index in [1.165, 1.54) is 12.8 Å². The number of hydrogen-bond acceptors (Lipinski definition) is 2. The standard InChI is InChI=1S/C13H17Cl2N3O/c14-9-6-10(15)8-12(7-9)18-13(19)17-5-1-4-16-11-2-3-11/h6-8,11,16H,1-5H2,(H2,17,18,19). The molecule has 3 N–H and O–H groups in total. The number of carbonyl (C=O) groups excluding carboxylic acids is 1. The first kappa shape index (κ1) is 14.4. The summed E-state index contributed by atoms with van der Waals surface area (Å²) in [5.74, 6) is 0. The predicted octanol–water partition coefficient (Wildman–Crippen LogP) is 3.26. The normalized spacial score (nSPS) is 14.2. The summed E-state index contributed by atoms with van der Waals surface area (Å²) >= 11 is 11.7. The van der Waals surface area contributed by atoms with Crippen LogP contribution in [-0.4, -0.2) is 25.2 Å². The van der Waals surface area contributed by atoms with Crippen molar-refractivity contribution in [3.8, 4) is 0 Å². The van der Waals surface area contributed by atoms with E-state index in [4.69, 9.17) is 23.2 Å². The van der Waals surface area contributed by atoms with Gasteiger partial charge in [-0.1, -0.05) is 23.2 Å². The van der Waals surface area contributed by atoms with Crippen molar-refractivity contribution in [3.63, 3.8) is 0 Å². The van der Waals surface area contributed by atoms with Crippen LogP contribution in [0.4, 0.5) is 10.5 Å². The second kappa shape index (κ2) is 6.98. The van der Waals surface area contributed by atoms with Gasteiger partial charge < -0.3 is 16.0 Å². The van der Waals surface area contributed by atoms with Crippen molar-refractivity contribution in [3.05, 3.63) is 28.2 Å². The summed E-state index contributed by atoms with van der Waals surface area (Å²) in [6.45, 7) is 1.58. The van der Waals surface area contributed by atoms with Crippen LogP contribution in [-0.2, 0) is 0 Å². The summed E-state index contributed by atoms with van der Waals surface area (Å²) < 4.78 is 0. The van der Waals surface area contributed by atoms with Crippen LogP contribution in [0.1, 0.15) is 19.3 Å². The van der Waals surface area contributed by atoms with Crippen LogP contribution in [0.15, 0.2) is 18.2 Å². The highest BCUT2D eigenvalue weighted by Gasteiger charge is 2.19. The van der Waals surface area contributed by atoms with Gasteiger partial charge in [0.2, 0.25) is 0 Å². The minimum atomic E-state index is -0.246. The molecule has 1 saturated carbocycles. The minimum absolute atomic E-state index is 0.246. The Labute approximate surface area is 122 Å². The van der Waals surface area contributed by atoms with Crippen LogP contribution >= 0.6 is 23.2 Å². The summed E-state index contributed by atoms with van der Waals surface area (Å²) in [6, 6.07) is 5.39. The van der Waals surface area contributed by atoms with E-state index in [2.05, 4.69) is 16.0 Å². The van der Waals surface area contributed by atoms with Crippen LogP contribution in [0.25, 0.3) is 0 Å². The first-order valence-electron chi connectivity index (χ1n) is 6.38. The van der Waals surface area contributed by atoms with E-state index in [0.29, 0.717) is 28.3 Å². The summed E-state index contributed by atoms with van der Waals surface area (Å²) in [7, 11) is 0. The number of urea groups is 1. The van der Waals surface area contributed by atoms with Gasteiger partial charge in [-0.05, 0) is 44.0 Å². The average molecular weight is 302 g/mol. The number of halogens is 2. The molecule has 4 nitrogen and oxygen atoms in total. The van der Waals surface area contributed by atoms with E-state index in [-0.39, 0.29) is 6.03 Å². The Balaban J connectivity index is 1.65. The second-order valence-corrected chi connectivity index (χ2v) is 5.49. The summed E-state index contributed by atoms with van der Waals surface area (Å²) in [6.07, 6.45) is 3.48. The highest BCUT2D eigenvalue weighted by atomic mass is 35.5. The predicted molar refractivity (Wildman–Crippen MR) is 79.1 cm³/mol. The lowest BCUT2D eigenvalue weighted by molar-refractivity contribution is 0.252. The summed E-state index contributed by atoms with van der Waals surface area (Å²) in [5, 5.41) is 9.87. The number of hydrogen-bond donors (Lipinski definition) is 3. The monoisotopic (exact) mass is 301 g/mol. The number of nitrogens with one attached hydrogen (secondary N) is 3. The van der Waals surface area contributed by atoms with E-state index in [1.807, 2.05) is 0 Å². The van der Waals surface area contributed by atoms with Gasteiger partial charge >= 0.3 is 6.03 Å². The van der Waals surface area contributed by atoms with E-state index in [9.17, 15) is 4.79 Å². The Morgan fingerprint density at radius 1 is 1.16 bits per heavy atom. The molecule has 2 amide bonds. The average Bonchev–Trinajstić information content (AvgIpc) is 3.11. The molecule has 0 spiro atoms. The molecule has 0 unspecified atom stereocenters. The third-order valence-electron chi connectivity index (χ3n) is 2.77. The zero-order valence-corrected chi connectivity index (χ0v) is 12.0. The molecule has 1 aliphatic rings. The quantitative estimate of drug-likeness (QED) is 0.707. The molecule has 2 rings (SSSR count). The van der Waals surface area contributed by atoms with Crippen LogP contribution in [0, 0.1) is 0 Å². The van der Waals surface area contributed by atoms with Crippen molar-refractivity contribution in [1.29, 1.82) is 0 Å². The Bertz CT molecular complexity index is 429. The van der Waals surface area contributed by atoms with E-state index >= 15 is 0 Å². The maximum absolute atomic E-state index is 11.6. The summed E-state index contributed by atoms with van der Waals surface area (Å²) in [5.41, 5.74) is 0.589. The van der Waals surface area contributed by atoms with E-state index in [0.717, 1.165) is 13.0 Å². The molecule has 0 aromatic heterocycles. The van der Waals surface area contributed by atoms with Crippen molar-refractivity contribution in [1.82, 2.24) is 10.6 Å². The van der Waals surface area contributed by atoms with Gasteiger partial charge in [0.05, 0.1) is 0 Å². The Hall–Kier alpha value is -0.970. The van der Waals surface area contributed by atoms with E-state index < -0.39 is 0 Å². The molecule has 1 aromatic rings. The van der Waals surface area contributed by atoms with Gasteiger partial charge in [-0.25, -0.2) is 4.79 Å². The van der Waals surface area contributed by atoms with E-state index in [1.54, 1.807) is 18.2 Å². The number of benzene rings is 1. The molecule has 104 valence electrons. The molecule has 6 heteroatoms. The highest BCUT2D eigenvalue weighted by Crippen LogP contribution is 2.22. The van der Waals surface area contributed by atoms with Crippen LogP contribution in [0.3, 0.4) is 0 Å². The lowest BCUT2D eigenvalue weighted by atomic mass is 10.3. The van der Waals surface area contributed by atoms with Crippen LogP contribution < -0.4 is 16.0 Å². The third kappa shape index (κ3) is 5.68. The SMILES string of the molecule is O=C(NCCCNC1CC1)Nc1cc(Cl)cc(Cl)c1. The van der Waals surface area contributed by atoms with Gasteiger partial charge in [0.15, 0.2) is 0 Å². The van der Waals surface area contributed by atoms with Gasteiger partial charge in [0.25, 0.3) is 0 Å². The van der Waals surface area contributed by atoms with Crippen LogP contribution in [0.2, 0.25) is 10.0 Å². The van der Waals surface area contributed by atoms with Crippen molar-refractivity contribution < 1.29 is 4.79 Å². The largest absolute Gasteiger partial charge is 0.338 e. The second-order valence-electron chi connectivity index (χ2n) is 4.62. The van der Waals surface area contributed by atoms with Gasteiger partial charge in [-0.2, -0.15) is 0 Å². The summed E-state index contributed by atoms with van der Waals surface area (Å²) in [4.78, 5) is 11.6. The molecular weight excluding hydrogens is 285 g/mol. The molecule has 0 aliphatic heterocycles. The first-order chi connectivity index (χ1) is 9.13. The lowest BCUT2D eigenvalue weighted by Gasteiger charge is -2.08. The molecule has 0 saturated heterocycles. The number of anilines is 1. The maximum atomic E-state index is 11.6. The number of amides is 2. The zero-order valence-electron chi connectivity index (χ0n) is 10.5. The molecule has 1 fully saturated rings. The molecule has 0 heterocycles. The third-order valence-corrected chi connectivity index (χ3v) is 3.21. The lowest BCUT2D eigenvalue weighted by Crippen LogP contribution is -2.31.